The first-order valence-electron chi connectivity index (χ1n) is 5.60. The Morgan fingerprint density at radius 2 is 1.83 bits per heavy atom. The summed E-state index contributed by atoms with van der Waals surface area (Å²) in [7, 11) is 0. The van der Waals surface area contributed by atoms with Crippen molar-refractivity contribution in [1.29, 1.82) is 0 Å². The van der Waals surface area contributed by atoms with Gasteiger partial charge in [-0.3, -0.25) is 9.59 Å². The van der Waals surface area contributed by atoms with Gasteiger partial charge in [0.25, 0.3) is 0 Å². The molecule has 0 aromatic heterocycles. The lowest BCUT2D eigenvalue weighted by molar-refractivity contribution is -0.128. The highest BCUT2D eigenvalue weighted by atomic mass is 16.3. The van der Waals surface area contributed by atoms with Crippen molar-refractivity contribution < 1.29 is 19.5 Å². The lowest BCUT2D eigenvalue weighted by Gasteiger charge is -2.22. The summed E-state index contributed by atoms with van der Waals surface area (Å²) in [5.74, 6) is -1.59. The predicted octanol–water partition coefficient (Wildman–Crippen LogP) is -1.97. The Bertz CT molecular complexity index is 321. The number of aliphatic hydroxyl groups is 1. The van der Waals surface area contributed by atoms with Gasteiger partial charge in [-0.1, -0.05) is 20.3 Å². The quantitative estimate of drug-likeness (QED) is 0.361. The molecule has 0 rings (SSSR count). The fraction of sp³-hybridized carbons (Fsp3) is 0.700. The second-order valence-electron chi connectivity index (χ2n) is 4.04. The van der Waals surface area contributed by atoms with Crippen LogP contribution in [0.2, 0.25) is 0 Å². The van der Waals surface area contributed by atoms with E-state index in [0.717, 1.165) is 0 Å². The first-order valence-corrected chi connectivity index (χ1v) is 5.60. The zero-order valence-electron chi connectivity index (χ0n) is 10.5. The second-order valence-corrected chi connectivity index (χ2v) is 4.04. The largest absolute Gasteiger partial charge is 0.381 e. The van der Waals surface area contributed by atoms with Gasteiger partial charge in [0.05, 0.1) is 6.54 Å². The van der Waals surface area contributed by atoms with Crippen molar-refractivity contribution >= 4 is 17.8 Å². The molecule has 0 heterocycles. The van der Waals surface area contributed by atoms with E-state index in [0.29, 0.717) is 6.42 Å². The van der Waals surface area contributed by atoms with Crippen LogP contribution in [0.1, 0.15) is 20.3 Å². The minimum absolute atomic E-state index is 0.136. The van der Waals surface area contributed by atoms with Gasteiger partial charge in [0.1, 0.15) is 12.1 Å². The fourth-order valence-corrected chi connectivity index (χ4v) is 1.26. The molecule has 4 amide bonds. The molecule has 7 N–H and O–H groups in total. The van der Waals surface area contributed by atoms with Crippen LogP contribution in [0.15, 0.2) is 0 Å². The standard InChI is InChI=1S/C10H20N4O4/c1-3-5(2)7(14-10(12)18)9(17)13-4-6(15)8(11)16/h5-7,15H,3-4H2,1-2H3,(H2,11,16)(H,13,17)(H3,12,14,18). The number of hydrogen-bond acceptors (Lipinski definition) is 4. The van der Waals surface area contributed by atoms with E-state index in [1.54, 1.807) is 6.92 Å². The molecule has 0 saturated carbocycles. The summed E-state index contributed by atoms with van der Waals surface area (Å²) < 4.78 is 0. The monoisotopic (exact) mass is 260 g/mol. The lowest BCUT2D eigenvalue weighted by Crippen LogP contribution is -2.53. The van der Waals surface area contributed by atoms with Gasteiger partial charge < -0.3 is 27.2 Å². The van der Waals surface area contributed by atoms with Gasteiger partial charge >= 0.3 is 6.03 Å². The van der Waals surface area contributed by atoms with Crippen LogP contribution >= 0.6 is 0 Å². The summed E-state index contributed by atoms with van der Waals surface area (Å²) >= 11 is 0. The van der Waals surface area contributed by atoms with Crippen LogP contribution in [-0.4, -0.2) is 41.6 Å². The van der Waals surface area contributed by atoms with Crippen molar-refractivity contribution in [2.45, 2.75) is 32.4 Å². The molecule has 104 valence electrons. The summed E-state index contributed by atoms with van der Waals surface area (Å²) in [6.07, 6.45) is -0.809. The third-order valence-corrected chi connectivity index (χ3v) is 2.59. The Morgan fingerprint density at radius 1 is 1.28 bits per heavy atom. The van der Waals surface area contributed by atoms with Gasteiger partial charge in [-0.15, -0.1) is 0 Å². The Morgan fingerprint density at radius 3 is 2.22 bits per heavy atom. The van der Waals surface area contributed by atoms with Crippen molar-refractivity contribution in [1.82, 2.24) is 10.6 Å². The highest BCUT2D eigenvalue weighted by Gasteiger charge is 2.25. The zero-order chi connectivity index (χ0) is 14.3. The smallest absolute Gasteiger partial charge is 0.312 e. The van der Waals surface area contributed by atoms with Crippen LogP contribution in [0, 0.1) is 5.92 Å². The van der Waals surface area contributed by atoms with Crippen molar-refractivity contribution in [3.8, 4) is 0 Å². The number of aliphatic hydroxyl groups excluding tert-OH is 1. The number of amides is 4. The van der Waals surface area contributed by atoms with Crippen molar-refractivity contribution in [2.75, 3.05) is 6.54 Å². The maximum atomic E-state index is 11.8. The highest BCUT2D eigenvalue weighted by Crippen LogP contribution is 2.07. The first kappa shape index (κ1) is 16.2. The number of carbonyl (C=O) groups is 3. The SMILES string of the molecule is CCC(C)C(NC(N)=O)C(=O)NCC(O)C(N)=O. The van der Waals surface area contributed by atoms with Crippen LogP contribution in [0.5, 0.6) is 0 Å². The molecular weight excluding hydrogens is 240 g/mol. The zero-order valence-corrected chi connectivity index (χ0v) is 10.5. The molecule has 0 aliphatic heterocycles. The number of carbonyl (C=O) groups excluding carboxylic acids is 3. The minimum atomic E-state index is -1.46. The van der Waals surface area contributed by atoms with Crippen LogP contribution < -0.4 is 22.1 Å². The molecule has 3 unspecified atom stereocenters. The molecule has 0 radical (unpaired) electrons. The van der Waals surface area contributed by atoms with E-state index in [-0.39, 0.29) is 12.5 Å². The van der Waals surface area contributed by atoms with Crippen molar-refractivity contribution in [2.24, 2.45) is 17.4 Å². The summed E-state index contributed by atoms with van der Waals surface area (Å²) in [5.41, 5.74) is 9.81. The van der Waals surface area contributed by atoms with Crippen LogP contribution in [0.25, 0.3) is 0 Å². The molecule has 0 spiro atoms. The van der Waals surface area contributed by atoms with Crippen LogP contribution in [0.4, 0.5) is 4.79 Å². The van der Waals surface area contributed by atoms with E-state index in [2.05, 4.69) is 10.6 Å². The van der Waals surface area contributed by atoms with Crippen molar-refractivity contribution in [3.63, 3.8) is 0 Å². The molecular formula is C10H20N4O4. The Hall–Kier alpha value is -1.83. The molecule has 0 aromatic carbocycles. The molecule has 0 fully saturated rings. The number of nitrogens with two attached hydrogens (primary N) is 2. The van der Waals surface area contributed by atoms with E-state index in [9.17, 15) is 14.4 Å². The van der Waals surface area contributed by atoms with E-state index < -0.39 is 30.0 Å². The molecule has 18 heavy (non-hydrogen) atoms. The van der Waals surface area contributed by atoms with Crippen molar-refractivity contribution in [3.05, 3.63) is 0 Å². The molecule has 0 aliphatic carbocycles. The Labute approximate surface area is 105 Å². The average Bonchev–Trinajstić information content (AvgIpc) is 2.31. The molecule has 0 saturated heterocycles. The van der Waals surface area contributed by atoms with Gasteiger partial charge in [-0.05, 0) is 5.92 Å². The Kier molecular flexibility index (Phi) is 6.73. The third-order valence-electron chi connectivity index (χ3n) is 2.59. The number of rotatable bonds is 7. The summed E-state index contributed by atoms with van der Waals surface area (Å²) in [6.45, 7) is 3.32. The third kappa shape index (κ3) is 5.48. The van der Waals surface area contributed by atoms with E-state index >= 15 is 0 Å². The van der Waals surface area contributed by atoms with E-state index in [4.69, 9.17) is 16.6 Å². The molecule has 8 heteroatoms. The number of nitrogens with one attached hydrogen (secondary N) is 2. The molecule has 3 atom stereocenters. The topological polar surface area (TPSA) is 148 Å². The minimum Gasteiger partial charge on any atom is -0.381 e. The summed E-state index contributed by atoms with van der Waals surface area (Å²) in [4.78, 5) is 33.1. The van der Waals surface area contributed by atoms with E-state index in [1.807, 2.05) is 6.92 Å². The number of hydrogen-bond donors (Lipinski definition) is 5. The molecule has 0 aromatic rings. The van der Waals surface area contributed by atoms with Crippen LogP contribution in [-0.2, 0) is 9.59 Å². The van der Waals surface area contributed by atoms with Gasteiger partial charge in [0, 0.05) is 0 Å². The van der Waals surface area contributed by atoms with Gasteiger partial charge in [0.2, 0.25) is 11.8 Å². The summed E-state index contributed by atoms with van der Waals surface area (Å²) in [5, 5.41) is 13.8. The second kappa shape index (κ2) is 7.49. The van der Waals surface area contributed by atoms with E-state index in [1.165, 1.54) is 0 Å². The maximum absolute atomic E-state index is 11.8. The normalized spacial score (nSPS) is 15.3. The first-order chi connectivity index (χ1) is 8.29. The predicted molar refractivity (Wildman–Crippen MR) is 64.2 cm³/mol. The van der Waals surface area contributed by atoms with Gasteiger partial charge in [-0.25, -0.2) is 4.79 Å². The lowest BCUT2D eigenvalue weighted by atomic mass is 9.98. The van der Waals surface area contributed by atoms with Gasteiger partial charge in [0.15, 0.2) is 0 Å². The number of primary amides is 2. The molecule has 0 bridgehead atoms. The highest BCUT2D eigenvalue weighted by molar-refractivity contribution is 5.87. The average molecular weight is 260 g/mol. The molecule has 0 aliphatic rings. The fourth-order valence-electron chi connectivity index (χ4n) is 1.26. The number of urea groups is 1. The molecule has 8 nitrogen and oxygen atoms in total. The maximum Gasteiger partial charge on any atom is 0.312 e. The van der Waals surface area contributed by atoms with Crippen LogP contribution in [0.3, 0.4) is 0 Å². The summed E-state index contributed by atoms with van der Waals surface area (Å²) in [6, 6.07) is -1.63. The van der Waals surface area contributed by atoms with Gasteiger partial charge in [-0.2, -0.15) is 0 Å². The Balaban J connectivity index is 4.47.